The van der Waals surface area contributed by atoms with Gasteiger partial charge in [-0.2, -0.15) is 0 Å². The van der Waals surface area contributed by atoms with Crippen LogP contribution in [0.3, 0.4) is 0 Å². The molecule has 0 fully saturated rings. The van der Waals surface area contributed by atoms with E-state index in [0.717, 1.165) is 30.7 Å². The first kappa shape index (κ1) is 15.1. The van der Waals surface area contributed by atoms with Crippen molar-refractivity contribution in [1.29, 1.82) is 0 Å². The zero-order chi connectivity index (χ0) is 14.3. The molecule has 0 bridgehead atoms. The van der Waals surface area contributed by atoms with E-state index in [-0.39, 0.29) is 0 Å². The minimum Gasteiger partial charge on any atom is -0.494 e. The van der Waals surface area contributed by atoms with Crippen molar-refractivity contribution in [3.05, 3.63) is 24.3 Å². The summed E-state index contributed by atoms with van der Waals surface area (Å²) in [6.45, 7) is 4.31. The number of benzene rings is 1. The summed E-state index contributed by atoms with van der Waals surface area (Å²) in [5.41, 5.74) is 10.8. The van der Waals surface area contributed by atoms with E-state index in [9.17, 15) is 4.79 Å². The van der Waals surface area contributed by atoms with Gasteiger partial charge in [0.05, 0.1) is 6.61 Å². The highest BCUT2D eigenvalue weighted by atomic mass is 16.6. The fourth-order valence-corrected chi connectivity index (χ4v) is 1.73. The van der Waals surface area contributed by atoms with Gasteiger partial charge in [0.25, 0.3) is 0 Å². The van der Waals surface area contributed by atoms with Crippen LogP contribution in [-0.2, 0) is 4.74 Å². The van der Waals surface area contributed by atoms with Gasteiger partial charge in [0.2, 0.25) is 0 Å². The van der Waals surface area contributed by atoms with Crippen LogP contribution in [0.25, 0.3) is 0 Å². The highest BCUT2D eigenvalue weighted by Gasteiger charge is 2.20. The predicted octanol–water partition coefficient (Wildman–Crippen LogP) is 2.69. The third-order valence-electron chi connectivity index (χ3n) is 2.70. The lowest BCUT2D eigenvalue weighted by atomic mass is 10.0. The highest BCUT2D eigenvalue weighted by Crippen LogP contribution is 2.18. The average Bonchev–Trinajstić information content (AvgIpc) is 2.29. The molecule has 1 rings (SSSR count). The molecule has 0 aromatic heterocycles. The maximum Gasteiger partial charge on any atom is 0.405 e. The Morgan fingerprint density at radius 2 is 1.84 bits per heavy atom. The molecule has 0 radical (unpaired) electrons. The molecular weight excluding hydrogens is 244 g/mol. The average molecular weight is 266 g/mol. The first-order valence-electron chi connectivity index (χ1n) is 6.36. The molecule has 0 aliphatic rings. The van der Waals surface area contributed by atoms with Crippen LogP contribution in [0.2, 0.25) is 0 Å². The van der Waals surface area contributed by atoms with Gasteiger partial charge in [-0.3, -0.25) is 0 Å². The largest absolute Gasteiger partial charge is 0.494 e. The Balaban J connectivity index is 2.17. The van der Waals surface area contributed by atoms with Crippen molar-refractivity contribution in [2.24, 2.45) is 5.73 Å². The molecule has 0 aliphatic carbocycles. The van der Waals surface area contributed by atoms with E-state index in [4.69, 9.17) is 20.9 Å². The second-order valence-electron chi connectivity index (χ2n) is 5.06. The summed E-state index contributed by atoms with van der Waals surface area (Å²) in [6.07, 6.45) is 1.80. The van der Waals surface area contributed by atoms with Crippen LogP contribution in [-0.4, -0.2) is 18.3 Å². The molecule has 0 spiro atoms. The fraction of sp³-hybridized carbons (Fsp3) is 0.500. The zero-order valence-corrected chi connectivity index (χ0v) is 11.5. The molecule has 1 amide bonds. The Labute approximate surface area is 113 Å². The number of rotatable bonds is 7. The molecule has 0 atom stereocenters. The molecule has 106 valence electrons. The van der Waals surface area contributed by atoms with Gasteiger partial charge >= 0.3 is 6.09 Å². The summed E-state index contributed by atoms with van der Waals surface area (Å²) in [5.74, 6) is 0.807. The van der Waals surface area contributed by atoms with Crippen LogP contribution in [0.4, 0.5) is 10.5 Å². The number of carbonyl (C=O) groups excluding carboxylic acids is 1. The lowest BCUT2D eigenvalue weighted by molar-refractivity contribution is 0.0366. The van der Waals surface area contributed by atoms with E-state index in [0.29, 0.717) is 6.61 Å². The molecule has 0 saturated carbocycles. The summed E-state index contributed by atoms with van der Waals surface area (Å²) in [4.78, 5) is 10.7. The summed E-state index contributed by atoms with van der Waals surface area (Å²) < 4.78 is 10.6. The fourth-order valence-electron chi connectivity index (χ4n) is 1.73. The number of primary amides is 1. The lowest BCUT2D eigenvalue weighted by Crippen LogP contribution is -2.31. The van der Waals surface area contributed by atoms with Crippen molar-refractivity contribution in [2.75, 3.05) is 12.3 Å². The number of anilines is 1. The van der Waals surface area contributed by atoms with E-state index in [2.05, 4.69) is 0 Å². The standard InChI is InChI=1S/C14H22N2O3/c1-14(2,19-13(16)17)9-3-4-10-18-12-7-5-11(15)6-8-12/h5-8H,3-4,9-10,15H2,1-2H3,(H2,16,17). The zero-order valence-electron chi connectivity index (χ0n) is 11.5. The Hall–Kier alpha value is -1.91. The SMILES string of the molecule is CC(C)(CCCCOc1ccc(N)cc1)OC(N)=O. The molecule has 0 aliphatic heterocycles. The van der Waals surface area contributed by atoms with E-state index in [1.807, 2.05) is 26.0 Å². The molecule has 0 heterocycles. The monoisotopic (exact) mass is 266 g/mol. The number of hydrogen-bond acceptors (Lipinski definition) is 4. The van der Waals surface area contributed by atoms with Gasteiger partial charge in [-0.25, -0.2) is 4.79 Å². The Bertz CT molecular complexity index is 402. The van der Waals surface area contributed by atoms with Gasteiger partial charge in [0.15, 0.2) is 0 Å². The first-order chi connectivity index (χ1) is 8.89. The lowest BCUT2D eigenvalue weighted by Gasteiger charge is -2.23. The maximum absolute atomic E-state index is 10.7. The second-order valence-corrected chi connectivity index (χ2v) is 5.06. The van der Waals surface area contributed by atoms with E-state index in [1.54, 1.807) is 12.1 Å². The number of unbranched alkanes of at least 4 members (excludes halogenated alkanes) is 1. The van der Waals surface area contributed by atoms with Crippen molar-refractivity contribution in [3.8, 4) is 5.75 Å². The number of carbonyl (C=O) groups is 1. The Morgan fingerprint density at radius 3 is 2.42 bits per heavy atom. The topological polar surface area (TPSA) is 87.6 Å². The number of nitrogen functional groups attached to an aromatic ring is 1. The summed E-state index contributed by atoms with van der Waals surface area (Å²) in [7, 11) is 0. The van der Waals surface area contributed by atoms with Crippen LogP contribution >= 0.6 is 0 Å². The molecule has 5 nitrogen and oxygen atoms in total. The predicted molar refractivity (Wildman–Crippen MR) is 74.9 cm³/mol. The van der Waals surface area contributed by atoms with E-state index in [1.165, 1.54) is 0 Å². The normalized spacial score (nSPS) is 11.1. The van der Waals surface area contributed by atoms with Crippen molar-refractivity contribution in [3.63, 3.8) is 0 Å². The van der Waals surface area contributed by atoms with E-state index >= 15 is 0 Å². The smallest absolute Gasteiger partial charge is 0.405 e. The molecule has 5 heteroatoms. The third kappa shape index (κ3) is 6.55. The number of amides is 1. The van der Waals surface area contributed by atoms with Crippen molar-refractivity contribution < 1.29 is 14.3 Å². The number of ether oxygens (including phenoxy) is 2. The molecular formula is C14H22N2O3. The van der Waals surface area contributed by atoms with Crippen LogP contribution in [0.1, 0.15) is 33.1 Å². The minimum atomic E-state index is -0.733. The molecule has 19 heavy (non-hydrogen) atoms. The second kappa shape index (κ2) is 6.87. The summed E-state index contributed by atoms with van der Waals surface area (Å²) in [5, 5.41) is 0. The highest BCUT2D eigenvalue weighted by molar-refractivity contribution is 5.65. The molecule has 0 saturated heterocycles. The van der Waals surface area contributed by atoms with Crippen LogP contribution in [0.15, 0.2) is 24.3 Å². The van der Waals surface area contributed by atoms with Crippen molar-refractivity contribution in [1.82, 2.24) is 0 Å². The van der Waals surface area contributed by atoms with Crippen LogP contribution in [0, 0.1) is 0 Å². The number of nitrogens with two attached hydrogens (primary N) is 2. The van der Waals surface area contributed by atoms with E-state index < -0.39 is 11.7 Å². The van der Waals surface area contributed by atoms with Gasteiger partial charge in [0, 0.05) is 5.69 Å². The first-order valence-corrected chi connectivity index (χ1v) is 6.36. The summed E-state index contributed by atoms with van der Waals surface area (Å²) >= 11 is 0. The summed E-state index contributed by atoms with van der Waals surface area (Å²) in [6, 6.07) is 7.29. The van der Waals surface area contributed by atoms with Crippen molar-refractivity contribution >= 4 is 11.8 Å². The third-order valence-corrected chi connectivity index (χ3v) is 2.70. The van der Waals surface area contributed by atoms with Gasteiger partial charge in [-0.05, 0) is 57.4 Å². The minimum absolute atomic E-state index is 0.521. The molecule has 4 N–H and O–H groups in total. The van der Waals surface area contributed by atoms with Gasteiger partial charge in [0.1, 0.15) is 11.4 Å². The quantitative estimate of drug-likeness (QED) is 0.586. The molecule has 1 aromatic rings. The Morgan fingerprint density at radius 1 is 1.21 bits per heavy atom. The van der Waals surface area contributed by atoms with Crippen LogP contribution < -0.4 is 16.2 Å². The van der Waals surface area contributed by atoms with Gasteiger partial charge < -0.3 is 20.9 Å². The van der Waals surface area contributed by atoms with Gasteiger partial charge in [-0.1, -0.05) is 0 Å². The van der Waals surface area contributed by atoms with Crippen LogP contribution in [0.5, 0.6) is 5.75 Å². The van der Waals surface area contributed by atoms with Crippen molar-refractivity contribution in [2.45, 2.75) is 38.7 Å². The Kier molecular flexibility index (Phi) is 5.48. The molecule has 1 aromatic carbocycles. The number of hydrogen-bond donors (Lipinski definition) is 2. The van der Waals surface area contributed by atoms with Gasteiger partial charge in [-0.15, -0.1) is 0 Å². The maximum atomic E-state index is 10.7. The molecule has 0 unspecified atom stereocenters.